The summed E-state index contributed by atoms with van der Waals surface area (Å²) in [6.07, 6.45) is -4.49. The van der Waals surface area contributed by atoms with E-state index in [2.05, 4.69) is 5.32 Å². The van der Waals surface area contributed by atoms with Crippen molar-refractivity contribution in [3.63, 3.8) is 0 Å². The highest BCUT2D eigenvalue weighted by Gasteiger charge is 2.46. The van der Waals surface area contributed by atoms with E-state index in [0.717, 1.165) is 6.07 Å². The van der Waals surface area contributed by atoms with E-state index in [1.807, 2.05) is 0 Å². The molecule has 0 aromatic heterocycles. The van der Waals surface area contributed by atoms with Gasteiger partial charge in [-0.05, 0) is 11.6 Å². The number of benzene rings is 1. The Hall–Kier alpha value is -0.850. The summed E-state index contributed by atoms with van der Waals surface area (Å²) in [6.45, 7) is 1.44. The van der Waals surface area contributed by atoms with Gasteiger partial charge in [-0.15, -0.1) is 0 Å². The standard InChI is InChI=1S/C12H13ClF4N2/c13-10-8(2-1-3-9(10)14)11(12(15,16)17)19-6-4-18-5-7-19/h1-3,11,18H,4-7H2/t11-/m0/s1. The number of halogens is 5. The molecule has 0 unspecified atom stereocenters. The third-order valence-corrected chi connectivity index (χ3v) is 3.50. The first kappa shape index (κ1) is 14.6. The molecule has 1 N–H and O–H groups in total. The number of hydrogen-bond acceptors (Lipinski definition) is 2. The van der Waals surface area contributed by atoms with Crippen LogP contribution in [0.5, 0.6) is 0 Å². The van der Waals surface area contributed by atoms with E-state index in [9.17, 15) is 17.6 Å². The fraction of sp³-hybridized carbons (Fsp3) is 0.500. The predicted molar refractivity (Wildman–Crippen MR) is 64.6 cm³/mol. The van der Waals surface area contributed by atoms with Crippen LogP contribution in [0.15, 0.2) is 18.2 Å². The van der Waals surface area contributed by atoms with E-state index < -0.39 is 23.1 Å². The van der Waals surface area contributed by atoms with Gasteiger partial charge in [-0.3, -0.25) is 4.90 Å². The molecule has 0 spiro atoms. The third-order valence-electron chi connectivity index (χ3n) is 3.10. The number of alkyl halides is 3. The molecule has 0 saturated carbocycles. The highest BCUT2D eigenvalue weighted by atomic mass is 35.5. The molecule has 0 radical (unpaired) electrons. The highest BCUT2D eigenvalue weighted by Crippen LogP contribution is 2.41. The average Bonchev–Trinajstić information content (AvgIpc) is 2.35. The zero-order valence-electron chi connectivity index (χ0n) is 9.97. The first-order valence-electron chi connectivity index (χ1n) is 5.86. The van der Waals surface area contributed by atoms with Gasteiger partial charge in [-0.1, -0.05) is 23.7 Å². The molecular formula is C12H13ClF4N2. The van der Waals surface area contributed by atoms with Crippen LogP contribution in [0.25, 0.3) is 0 Å². The lowest BCUT2D eigenvalue weighted by Crippen LogP contribution is -2.49. The van der Waals surface area contributed by atoms with Crippen LogP contribution in [-0.4, -0.2) is 37.3 Å². The van der Waals surface area contributed by atoms with Crippen molar-refractivity contribution < 1.29 is 17.6 Å². The molecule has 0 aliphatic carbocycles. The van der Waals surface area contributed by atoms with Crippen molar-refractivity contribution in [3.8, 4) is 0 Å². The molecule has 7 heteroatoms. The molecule has 1 saturated heterocycles. The van der Waals surface area contributed by atoms with Crippen LogP contribution in [0, 0.1) is 5.82 Å². The molecule has 2 rings (SSSR count). The lowest BCUT2D eigenvalue weighted by molar-refractivity contribution is -0.187. The van der Waals surface area contributed by atoms with Crippen LogP contribution in [-0.2, 0) is 0 Å². The first-order valence-corrected chi connectivity index (χ1v) is 6.24. The number of nitrogens with one attached hydrogen (secondary N) is 1. The Morgan fingerprint density at radius 3 is 2.42 bits per heavy atom. The van der Waals surface area contributed by atoms with Gasteiger partial charge in [0.05, 0.1) is 5.02 Å². The van der Waals surface area contributed by atoms with Gasteiger partial charge >= 0.3 is 6.18 Å². The maximum atomic E-state index is 13.4. The molecule has 1 atom stereocenters. The van der Waals surface area contributed by atoms with E-state index in [4.69, 9.17) is 11.6 Å². The SMILES string of the molecule is Fc1cccc([C@H](N2CCNCC2)C(F)(F)F)c1Cl. The van der Waals surface area contributed by atoms with Gasteiger partial charge in [0.1, 0.15) is 11.9 Å². The Labute approximate surface area is 113 Å². The zero-order chi connectivity index (χ0) is 14.0. The summed E-state index contributed by atoms with van der Waals surface area (Å²) in [4.78, 5) is 1.27. The fourth-order valence-corrected chi connectivity index (χ4v) is 2.48. The van der Waals surface area contributed by atoms with E-state index in [-0.39, 0.29) is 18.7 Å². The van der Waals surface area contributed by atoms with E-state index in [0.29, 0.717) is 13.1 Å². The maximum absolute atomic E-state index is 13.4. The van der Waals surface area contributed by atoms with Crippen LogP contribution < -0.4 is 5.32 Å². The summed E-state index contributed by atoms with van der Waals surface area (Å²) in [5, 5.41) is 2.53. The van der Waals surface area contributed by atoms with Gasteiger partial charge in [0.15, 0.2) is 0 Å². The van der Waals surface area contributed by atoms with Crippen LogP contribution in [0.2, 0.25) is 5.02 Å². The fourth-order valence-electron chi connectivity index (χ4n) is 2.25. The smallest absolute Gasteiger partial charge is 0.314 e. The predicted octanol–water partition coefficient (Wildman–Crippen LogP) is 2.99. The summed E-state index contributed by atoms with van der Waals surface area (Å²) in [5.74, 6) is -0.830. The second-order valence-electron chi connectivity index (χ2n) is 4.37. The first-order chi connectivity index (χ1) is 8.91. The lowest BCUT2D eigenvalue weighted by atomic mass is 10.0. The number of piperazine rings is 1. The van der Waals surface area contributed by atoms with Crippen molar-refractivity contribution in [2.24, 2.45) is 0 Å². The Balaban J connectivity index is 2.40. The minimum Gasteiger partial charge on any atom is -0.314 e. The Kier molecular flexibility index (Phi) is 4.32. The summed E-state index contributed by atoms with van der Waals surface area (Å²) < 4.78 is 53.1. The molecule has 1 aromatic rings. The van der Waals surface area contributed by atoms with Crippen molar-refractivity contribution in [2.75, 3.05) is 26.2 Å². The van der Waals surface area contributed by atoms with Crippen molar-refractivity contribution in [1.29, 1.82) is 0 Å². The monoisotopic (exact) mass is 296 g/mol. The Morgan fingerprint density at radius 2 is 1.84 bits per heavy atom. The van der Waals surface area contributed by atoms with Gasteiger partial charge in [-0.2, -0.15) is 13.2 Å². The summed E-state index contributed by atoms with van der Waals surface area (Å²) in [6, 6.07) is 1.66. The van der Waals surface area contributed by atoms with E-state index >= 15 is 0 Å². The molecule has 1 fully saturated rings. The number of nitrogens with zero attached hydrogens (tertiary/aromatic N) is 1. The van der Waals surface area contributed by atoms with Crippen molar-refractivity contribution >= 4 is 11.6 Å². The molecule has 1 aromatic carbocycles. The minimum atomic E-state index is -4.49. The van der Waals surface area contributed by atoms with Gasteiger partial charge in [0.25, 0.3) is 0 Å². The van der Waals surface area contributed by atoms with Crippen molar-refractivity contribution in [3.05, 3.63) is 34.6 Å². The lowest BCUT2D eigenvalue weighted by Gasteiger charge is -2.36. The molecule has 0 bridgehead atoms. The number of hydrogen-bond donors (Lipinski definition) is 1. The van der Waals surface area contributed by atoms with Crippen LogP contribution in [0.1, 0.15) is 11.6 Å². The summed E-state index contributed by atoms with van der Waals surface area (Å²) in [7, 11) is 0. The molecule has 0 amide bonds. The largest absolute Gasteiger partial charge is 0.408 e. The van der Waals surface area contributed by atoms with E-state index in [1.165, 1.54) is 17.0 Å². The third kappa shape index (κ3) is 3.19. The van der Waals surface area contributed by atoms with Crippen LogP contribution in [0.3, 0.4) is 0 Å². The van der Waals surface area contributed by atoms with Gasteiger partial charge in [0.2, 0.25) is 0 Å². The second-order valence-corrected chi connectivity index (χ2v) is 4.75. The molecule has 19 heavy (non-hydrogen) atoms. The molecule has 2 nitrogen and oxygen atoms in total. The van der Waals surface area contributed by atoms with Gasteiger partial charge in [-0.25, -0.2) is 4.39 Å². The topological polar surface area (TPSA) is 15.3 Å². The molecule has 1 heterocycles. The highest BCUT2D eigenvalue weighted by molar-refractivity contribution is 6.31. The number of rotatable bonds is 2. The van der Waals surface area contributed by atoms with Crippen molar-refractivity contribution in [1.82, 2.24) is 10.2 Å². The van der Waals surface area contributed by atoms with Crippen LogP contribution >= 0.6 is 11.6 Å². The molecule has 1 aliphatic rings. The molecule has 106 valence electrons. The average molecular weight is 297 g/mol. The summed E-state index contributed by atoms with van der Waals surface area (Å²) in [5.41, 5.74) is -0.226. The van der Waals surface area contributed by atoms with Gasteiger partial charge in [0, 0.05) is 26.2 Å². The molecule has 1 aliphatic heterocycles. The maximum Gasteiger partial charge on any atom is 0.408 e. The van der Waals surface area contributed by atoms with Crippen LogP contribution in [0.4, 0.5) is 17.6 Å². The van der Waals surface area contributed by atoms with E-state index in [1.54, 1.807) is 0 Å². The minimum absolute atomic E-state index is 0.226. The van der Waals surface area contributed by atoms with Gasteiger partial charge < -0.3 is 5.32 Å². The van der Waals surface area contributed by atoms with Crippen molar-refractivity contribution in [2.45, 2.75) is 12.2 Å². The zero-order valence-corrected chi connectivity index (χ0v) is 10.7. The Bertz CT molecular complexity index is 444. The molecular weight excluding hydrogens is 284 g/mol. The Morgan fingerprint density at radius 1 is 1.21 bits per heavy atom. The second kappa shape index (κ2) is 5.64. The normalized spacial score (nSPS) is 19.4. The quantitative estimate of drug-likeness (QED) is 0.844. The summed E-state index contributed by atoms with van der Waals surface area (Å²) >= 11 is 5.70.